The number of hydrogen-bond donors (Lipinski definition) is 1. The number of ether oxygens (including phenoxy) is 2. The molecule has 0 bridgehead atoms. The summed E-state index contributed by atoms with van der Waals surface area (Å²) >= 11 is 0. The lowest BCUT2D eigenvalue weighted by Gasteiger charge is -2.11. The molecule has 0 radical (unpaired) electrons. The summed E-state index contributed by atoms with van der Waals surface area (Å²) in [5.41, 5.74) is 3.33. The summed E-state index contributed by atoms with van der Waals surface area (Å²) < 4.78 is 11.3. The fourth-order valence-electron chi connectivity index (χ4n) is 2.17. The first kappa shape index (κ1) is 12.8. The number of nitrogens with one attached hydrogen (secondary N) is 1. The molecular weight excluding hydrogens is 252 g/mol. The molecule has 1 aromatic heterocycles. The summed E-state index contributed by atoms with van der Waals surface area (Å²) in [5, 5.41) is 3.37. The number of pyridine rings is 1. The molecule has 0 aliphatic carbocycles. The first-order chi connectivity index (χ1) is 9.81. The zero-order chi connectivity index (χ0) is 13.8. The molecule has 0 fully saturated rings. The Morgan fingerprint density at radius 1 is 1.10 bits per heavy atom. The second-order valence-electron chi connectivity index (χ2n) is 4.94. The molecule has 1 N–H and O–H groups in total. The first-order valence-corrected chi connectivity index (χ1v) is 6.85. The minimum absolute atomic E-state index is 0.714. The molecule has 1 aromatic carbocycles. The van der Waals surface area contributed by atoms with Crippen molar-refractivity contribution in [1.82, 2.24) is 4.98 Å². The van der Waals surface area contributed by atoms with Crippen molar-refractivity contribution in [2.45, 2.75) is 19.9 Å². The van der Waals surface area contributed by atoms with Gasteiger partial charge in [-0.3, -0.25) is 4.98 Å². The number of hydrogen-bond acceptors (Lipinski definition) is 4. The molecule has 2 heterocycles. The van der Waals surface area contributed by atoms with Crippen LogP contribution in [0.3, 0.4) is 0 Å². The van der Waals surface area contributed by atoms with E-state index in [1.807, 2.05) is 31.5 Å². The van der Waals surface area contributed by atoms with Crippen molar-refractivity contribution in [1.29, 1.82) is 0 Å². The van der Waals surface area contributed by atoms with Gasteiger partial charge < -0.3 is 14.8 Å². The van der Waals surface area contributed by atoms with Crippen molar-refractivity contribution in [2.24, 2.45) is 0 Å². The minimum atomic E-state index is 0.714. The molecular formula is C16H18N2O2. The topological polar surface area (TPSA) is 43.4 Å². The van der Waals surface area contributed by atoms with Crippen LogP contribution in [-0.2, 0) is 6.54 Å². The van der Waals surface area contributed by atoms with Crippen LogP contribution in [0.5, 0.6) is 11.5 Å². The number of fused-ring (bicyclic) bond motifs is 1. The van der Waals surface area contributed by atoms with Crippen LogP contribution in [0.4, 0.5) is 5.69 Å². The molecule has 1 aliphatic heterocycles. The monoisotopic (exact) mass is 270 g/mol. The van der Waals surface area contributed by atoms with Gasteiger partial charge in [-0.25, -0.2) is 0 Å². The van der Waals surface area contributed by atoms with Gasteiger partial charge in [0.1, 0.15) is 0 Å². The van der Waals surface area contributed by atoms with Crippen molar-refractivity contribution >= 4 is 5.69 Å². The Balaban J connectivity index is 1.70. The predicted molar refractivity (Wildman–Crippen MR) is 78.3 cm³/mol. The quantitative estimate of drug-likeness (QED) is 0.930. The fraction of sp³-hybridized carbons (Fsp3) is 0.312. The van der Waals surface area contributed by atoms with Gasteiger partial charge in [0.25, 0.3) is 0 Å². The molecule has 1 aliphatic rings. The van der Waals surface area contributed by atoms with Crippen LogP contribution in [0, 0.1) is 6.92 Å². The van der Waals surface area contributed by atoms with E-state index in [1.54, 1.807) is 0 Å². The molecule has 0 spiro atoms. The second-order valence-corrected chi connectivity index (χ2v) is 4.94. The average Bonchev–Trinajstić information content (AvgIpc) is 2.70. The van der Waals surface area contributed by atoms with Gasteiger partial charge in [0.2, 0.25) is 0 Å². The van der Waals surface area contributed by atoms with E-state index in [9.17, 15) is 0 Å². The number of rotatable bonds is 3. The van der Waals surface area contributed by atoms with Crippen molar-refractivity contribution < 1.29 is 9.47 Å². The van der Waals surface area contributed by atoms with Crippen LogP contribution in [0.25, 0.3) is 0 Å². The zero-order valence-corrected chi connectivity index (χ0v) is 11.6. The third-order valence-electron chi connectivity index (χ3n) is 3.18. The van der Waals surface area contributed by atoms with Crippen molar-refractivity contribution in [2.75, 3.05) is 18.5 Å². The predicted octanol–water partition coefficient (Wildman–Crippen LogP) is 3.16. The summed E-state index contributed by atoms with van der Waals surface area (Å²) in [4.78, 5) is 4.17. The largest absolute Gasteiger partial charge is 0.490 e. The molecule has 20 heavy (non-hydrogen) atoms. The smallest absolute Gasteiger partial charge is 0.161 e. The number of aryl methyl sites for hydroxylation is 1. The molecule has 0 atom stereocenters. The zero-order valence-electron chi connectivity index (χ0n) is 11.6. The Morgan fingerprint density at radius 3 is 2.80 bits per heavy atom. The summed E-state index contributed by atoms with van der Waals surface area (Å²) in [6, 6.07) is 8.16. The van der Waals surface area contributed by atoms with Gasteiger partial charge in [0, 0.05) is 25.4 Å². The maximum atomic E-state index is 5.70. The molecule has 4 nitrogen and oxygen atoms in total. The highest BCUT2D eigenvalue weighted by atomic mass is 16.5. The lowest BCUT2D eigenvalue weighted by Crippen LogP contribution is -2.01. The number of nitrogens with zero attached hydrogens (tertiary/aromatic N) is 1. The van der Waals surface area contributed by atoms with Gasteiger partial charge in [-0.1, -0.05) is 6.07 Å². The molecule has 104 valence electrons. The van der Waals surface area contributed by atoms with E-state index in [1.165, 1.54) is 0 Å². The van der Waals surface area contributed by atoms with Crippen molar-refractivity contribution in [3.8, 4) is 11.5 Å². The number of aromatic nitrogens is 1. The maximum absolute atomic E-state index is 5.70. The highest BCUT2D eigenvalue weighted by Gasteiger charge is 2.10. The van der Waals surface area contributed by atoms with Gasteiger partial charge in [-0.2, -0.15) is 0 Å². The van der Waals surface area contributed by atoms with E-state index in [-0.39, 0.29) is 0 Å². The summed E-state index contributed by atoms with van der Waals surface area (Å²) in [7, 11) is 0. The summed E-state index contributed by atoms with van der Waals surface area (Å²) in [5.74, 6) is 1.67. The van der Waals surface area contributed by atoms with E-state index in [2.05, 4.69) is 22.4 Å². The van der Waals surface area contributed by atoms with E-state index in [0.717, 1.165) is 47.9 Å². The van der Waals surface area contributed by atoms with E-state index < -0.39 is 0 Å². The average molecular weight is 270 g/mol. The molecule has 0 unspecified atom stereocenters. The number of anilines is 1. The highest BCUT2D eigenvalue weighted by Crippen LogP contribution is 2.30. The van der Waals surface area contributed by atoms with Gasteiger partial charge in [-0.05, 0) is 36.2 Å². The van der Waals surface area contributed by atoms with Gasteiger partial charge >= 0.3 is 0 Å². The molecule has 2 aromatic rings. The van der Waals surface area contributed by atoms with E-state index in [0.29, 0.717) is 6.61 Å². The molecule has 4 heteroatoms. The molecule has 0 saturated carbocycles. The van der Waals surface area contributed by atoms with Crippen molar-refractivity contribution in [3.63, 3.8) is 0 Å². The Morgan fingerprint density at radius 2 is 1.95 bits per heavy atom. The van der Waals surface area contributed by atoms with Crippen LogP contribution in [0.1, 0.15) is 17.5 Å². The van der Waals surface area contributed by atoms with E-state index in [4.69, 9.17) is 9.47 Å². The van der Waals surface area contributed by atoms with Crippen LogP contribution in [-0.4, -0.2) is 18.2 Å². The van der Waals surface area contributed by atoms with E-state index >= 15 is 0 Å². The molecule has 0 amide bonds. The Labute approximate surface area is 118 Å². The van der Waals surface area contributed by atoms with Crippen LogP contribution < -0.4 is 14.8 Å². The minimum Gasteiger partial charge on any atom is -0.490 e. The molecule has 0 saturated heterocycles. The van der Waals surface area contributed by atoms with Gasteiger partial charge in [0.15, 0.2) is 11.5 Å². The van der Waals surface area contributed by atoms with Gasteiger partial charge in [-0.15, -0.1) is 0 Å². The van der Waals surface area contributed by atoms with Crippen LogP contribution in [0.2, 0.25) is 0 Å². The number of benzene rings is 1. The maximum Gasteiger partial charge on any atom is 0.161 e. The summed E-state index contributed by atoms with van der Waals surface area (Å²) in [6.07, 6.45) is 4.60. The van der Waals surface area contributed by atoms with Crippen LogP contribution in [0.15, 0.2) is 36.7 Å². The lowest BCUT2D eigenvalue weighted by molar-refractivity contribution is 0.297. The first-order valence-electron chi connectivity index (χ1n) is 6.85. The van der Waals surface area contributed by atoms with Crippen LogP contribution >= 0.6 is 0 Å². The normalized spacial score (nSPS) is 13.7. The molecule has 3 rings (SSSR count). The van der Waals surface area contributed by atoms with Crippen molar-refractivity contribution in [3.05, 3.63) is 47.8 Å². The fourth-order valence-corrected chi connectivity index (χ4v) is 2.17. The third-order valence-corrected chi connectivity index (χ3v) is 3.18. The van der Waals surface area contributed by atoms with Gasteiger partial charge in [0.05, 0.1) is 18.9 Å². The SMILES string of the molecule is Cc1cncc(NCc2ccc3c(c2)OCCCO3)c1. The second kappa shape index (κ2) is 5.82. The highest BCUT2D eigenvalue weighted by molar-refractivity contribution is 5.46. The Hall–Kier alpha value is -2.23. The lowest BCUT2D eigenvalue weighted by atomic mass is 10.2. The third kappa shape index (κ3) is 3.02. The Kier molecular flexibility index (Phi) is 3.72. The summed E-state index contributed by atoms with van der Waals surface area (Å²) in [6.45, 7) is 4.21. The standard InChI is InChI=1S/C16H18N2O2/c1-12-7-14(11-17-9-12)18-10-13-3-4-15-16(8-13)20-6-2-5-19-15/h3-4,7-9,11,18H,2,5-6,10H2,1H3. The Bertz CT molecular complexity index is 599.